The fraction of sp³-hybridized carbons (Fsp3) is 0.333. The maximum Gasteiger partial charge on any atom is 0.254 e. The van der Waals surface area contributed by atoms with E-state index in [1.165, 1.54) is 6.33 Å². The number of para-hydroxylation sites is 1. The van der Waals surface area contributed by atoms with Gasteiger partial charge in [-0.2, -0.15) is 0 Å². The summed E-state index contributed by atoms with van der Waals surface area (Å²) in [5.41, 5.74) is 2.05. The van der Waals surface area contributed by atoms with Crippen molar-refractivity contribution in [2.75, 3.05) is 20.3 Å². The van der Waals surface area contributed by atoms with Crippen LogP contribution in [0.3, 0.4) is 0 Å². The van der Waals surface area contributed by atoms with Crippen molar-refractivity contribution in [1.82, 2.24) is 9.97 Å². The molecule has 0 aliphatic heterocycles. The van der Waals surface area contributed by atoms with Crippen LogP contribution in [0, 0.1) is 0 Å². The second-order valence-electron chi connectivity index (χ2n) is 4.25. The third kappa shape index (κ3) is 3.05. The van der Waals surface area contributed by atoms with Crippen molar-refractivity contribution in [3.05, 3.63) is 46.5 Å². The van der Waals surface area contributed by atoms with Crippen LogP contribution in [0.4, 0.5) is 0 Å². The van der Waals surface area contributed by atoms with Gasteiger partial charge in [0.1, 0.15) is 12.4 Å². The molecule has 1 aromatic carbocycles. The Labute approximate surface area is 117 Å². The molecule has 1 heterocycles. The first-order valence-electron chi connectivity index (χ1n) is 6.55. The molecule has 0 amide bonds. The molecule has 0 bridgehead atoms. The van der Waals surface area contributed by atoms with Crippen LogP contribution >= 0.6 is 0 Å². The molecule has 0 saturated heterocycles. The van der Waals surface area contributed by atoms with Gasteiger partial charge in [-0.1, -0.05) is 19.1 Å². The van der Waals surface area contributed by atoms with Gasteiger partial charge in [0.25, 0.3) is 5.56 Å². The fourth-order valence-electron chi connectivity index (χ4n) is 2.01. The fourth-order valence-corrected chi connectivity index (χ4v) is 2.01. The van der Waals surface area contributed by atoms with Gasteiger partial charge < -0.3 is 14.5 Å². The van der Waals surface area contributed by atoms with Crippen molar-refractivity contribution < 1.29 is 9.47 Å². The highest BCUT2D eigenvalue weighted by Gasteiger charge is 2.13. The number of rotatable bonds is 6. The molecular weight excluding hydrogens is 256 g/mol. The summed E-state index contributed by atoms with van der Waals surface area (Å²) in [6.45, 7) is 2.90. The largest absolute Gasteiger partial charge is 0.490 e. The molecule has 0 saturated carbocycles. The Hall–Kier alpha value is -2.14. The van der Waals surface area contributed by atoms with Crippen molar-refractivity contribution in [2.24, 2.45) is 0 Å². The Balaban J connectivity index is 2.42. The average molecular weight is 274 g/mol. The minimum atomic E-state index is -0.107. The van der Waals surface area contributed by atoms with Gasteiger partial charge in [-0.05, 0) is 18.6 Å². The first-order chi connectivity index (χ1) is 9.77. The normalized spacial score (nSPS) is 10.5. The minimum Gasteiger partial charge on any atom is -0.490 e. The standard InChI is InChI=1S/C15H18N2O3/c1-3-11-14(16-10-17-15(11)18)12-6-4-5-7-13(12)20-9-8-19-2/h4-7,10H,3,8-9H2,1-2H3,(H,16,17,18). The van der Waals surface area contributed by atoms with Crippen LogP contribution in [0.1, 0.15) is 12.5 Å². The van der Waals surface area contributed by atoms with E-state index in [4.69, 9.17) is 9.47 Å². The Morgan fingerprint density at radius 1 is 1.25 bits per heavy atom. The first-order valence-corrected chi connectivity index (χ1v) is 6.55. The number of nitrogens with zero attached hydrogens (tertiary/aromatic N) is 1. The second kappa shape index (κ2) is 6.86. The number of aromatic nitrogens is 2. The summed E-state index contributed by atoms with van der Waals surface area (Å²) in [6, 6.07) is 7.57. The Morgan fingerprint density at radius 2 is 2.05 bits per heavy atom. The number of nitrogens with one attached hydrogen (secondary N) is 1. The number of H-pyrrole nitrogens is 1. The lowest BCUT2D eigenvalue weighted by Crippen LogP contribution is -2.14. The van der Waals surface area contributed by atoms with E-state index in [0.29, 0.717) is 36.6 Å². The Bertz CT molecular complexity index is 623. The predicted molar refractivity (Wildman–Crippen MR) is 77.0 cm³/mol. The van der Waals surface area contributed by atoms with Gasteiger partial charge in [0.15, 0.2) is 0 Å². The summed E-state index contributed by atoms with van der Waals surface area (Å²) >= 11 is 0. The molecule has 0 fully saturated rings. The zero-order valence-corrected chi connectivity index (χ0v) is 11.7. The quantitative estimate of drug-likeness (QED) is 0.819. The predicted octanol–water partition coefficient (Wildman–Crippen LogP) is 2.02. The summed E-state index contributed by atoms with van der Waals surface area (Å²) in [6.07, 6.45) is 2.04. The maximum atomic E-state index is 11.9. The van der Waals surface area contributed by atoms with Crippen LogP contribution in [0.15, 0.2) is 35.4 Å². The molecular formula is C15H18N2O3. The first kappa shape index (κ1) is 14.3. The molecule has 5 nitrogen and oxygen atoms in total. The van der Waals surface area contributed by atoms with E-state index in [2.05, 4.69) is 9.97 Å². The van der Waals surface area contributed by atoms with Gasteiger partial charge >= 0.3 is 0 Å². The molecule has 0 spiro atoms. The smallest absolute Gasteiger partial charge is 0.254 e. The number of hydrogen-bond donors (Lipinski definition) is 1. The highest BCUT2D eigenvalue weighted by atomic mass is 16.5. The number of hydrogen-bond acceptors (Lipinski definition) is 4. The molecule has 2 aromatic rings. The molecule has 2 rings (SSSR count). The second-order valence-corrected chi connectivity index (χ2v) is 4.25. The van der Waals surface area contributed by atoms with Crippen molar-refractivity contribution in [3.63, 3.8) is 0 Å². The number of ether oxygens (including phenoxy) is 2. The van der Waals surface area contributed by atoms with Crippen molar-refractivity contribution in [3.8, 4) is 17.0 Å². The van der Waals surface area contributed by atoms with E-state index in [-0.39, 0.29) is 5.56 Å². The molecule has 1 N–H and O–H groups in total. The lowest BCUT2D eigenvalue weighted by atomic mass is 10.0. The van der Waals surface area contributed by atoms with Gasteiger partial charge in [-0.15, -0.1) is 0 Å². The van der Waals surface area contributed by atoms with Gasteiger partial charge in [0.2, 0.25) is 0 Å². The average Bonchev–Trinajstić information content (AvgIpc) is 2.48. The van der Waals surface area contributed by atoms with Crippen LogP contribution in [0.5, 0.6) is 5.75 Å². The number of methoxy groups -OCH3 is 1. The van der Waals surface area contributed by atoms with Crippen molar-refractivity contribution in [2.45, 2.75) is 13.3 Å². The van der Waals surface area contributed by atoms with Crippen LogP contribution in [0.2, 0.25) is 0 Å². The van der Waals surface area contributed by atoms with E-state index in [1.807, 2.05) is 31.2 Å². The molecule has 0 aliphatic carbocycles. The summed E-state index contributed by atoms with van der Waals surface area (Å²) in [5, 5.41) is 0. The molecule has 0 aliphatic rings. The molecule has 0 radical (unpaired) electrons. The molecule has 106 valence electrons. The summed E-state index contributed by atoms with van der Waals surface area (Å²) in [7, 11) is 1.63. The van der Waals surface area contributed by atoms with Crippen LogP contribution in [-0.4, -0.2) is 30.3 Å². The lowest BCUT2D eigenvalue weighted by Gasteiger charge is -2.12. The zero-order chi connectivity index (χ0) is 14.4. The molecule has 0 unspecified atom stereocenters. The Kier molecular flexibility index (Phi) is 4.90. The zero-order valence-electron chi connectivity index (χ0n) is 11.7. The third-order valence-electron chi connectivity index (χ3n) is 2.99. The van der Waals surface area contributed by atoms with Crippen LogP contribution in [-0.2, 0) is 11.2 Å². The number of benzene rings is 1. The van der Waals surface area contributed by atoms with E-state index in [0.717, 1.165) is 5.56 Å². The SMILES string of the molecule is CCc1c(-c2ccccc2OCCOC)nc[nH]c1=O. The van der Waals surface area contributed by atoms with Crippen molar-refractivity contribution in [1.29, 1.82) is 0 Å². The molecule has 20 heavy (non-hydrogen) atoms. The lowest BCUT2D eigenvalue weighted by molar-refractivity contribution is 0.146. The summed E-state index contributed by atoms with van der Waals surface area (Å²) < 4.78 is 10.7. The van der Waals surface area contributed by atoms with E-state index in [9.17, 15) is 4.79 Å². The molecule has 1 aromatic heterocycles. The van der Waals surface area contributed by atoms with Gasteiger partial charge in [-0.3, -0.25) is 4.79 Å². The maximum absolute atomic E-state index is 11.9. The summed E-state index contributed by atoms with van der Waals surface area (Å²) in [4.78, 5) is 18.8. The highest BCUT2D eigenvalue weighted by Crippen LogP contribution is 2.29. The van der Waals surface area contributed by atoms with Gasteiger partial charge in [0, 0.05) is 18.2 Å². The third-order valence-corrected chi connectivity index (χ3v) is 2.99. The van der Waals surface area contributed by atoms with Gasteiger partial charge in [-0.25, -0.2) is 4.98 Å². The highest BCUT2D eigenvalue weighted by molar-refractivity contribution is 5.69. The minimum absolute atomic E-state index is 0.107. The van der Waals surface area contributed by atoms with Crippen molar-refractivity contribution >= 4 is 0 Å². The summed E-state index contributed by atoms with van der Waals surface area (Å²) in [5.74, 6) is 0.706. The molecule has 5 heteroatoms. The van der Waals surface area contributed by atoms with E-state index >= 15 is 0 Å². The molecule has 0 atom stereocenters. The van der Waals surface area contributed by atoms with E-state index in [1.54, 1.807) is 7.11 Å². The Morgan fingerprint density at radius 3 is 2.80 bits per heavy atom. The van der Waals surface area contributed by atoms with E-state index < -0.39 is 0 Å². The van der Waals surface area contributed by atoms with Gasteiger partial charge in [0.05, 0.1) is 18.6 Å². The monoisotopic (exact) mass is 274 g/mol. The van der Waals surface area contributed by atoms with Crippen LogP contribution < -0.4 is 10.3 Å². The number of aromatic amines is 1. The topological polar surface area (TPSA) is 64.2 Å². The van der Waals surface area contributed by atoms with Crippen LogP contribution in [0.25, 0.3) is 11.3 Å².